The van der Waals surface area contributed by atoms with Crippen molar-refractivity contribution >= 4 is 15.7 Å². The summed E-state index contributed by atoms with van der Waals surface area (Å²) < 4.78 is 122. The van der Waals surface area contributed by atoms with Crippen LogP contribution in [0.4, 0.5) is 36.4 Å². The van der Waals surface area contributed by atoms with Gasteiger partial charge in [-0.25, -0.2) is 17.8 Å². The molecule has 0 atom stereocenters. The van der Waals surface area contributed by atoms with E-state index in [9.17, 15) is 39.2 Å². The second-order valence-electron chi connectivity index (χ2n) is 6.25. The van der Waals surface area contributed by atoms with Gasteiger partial charge in [0.05, 0.1) is 10.5 Å². The fourth-order valence-corrected chi connectivity index (χ4v) is 3.71. The number of pyridine rings is 1. The Labute approximate surface area is 176 Å². The van der Waals surface area contributed by atoms with E-state index in [2.05, 4.69) is 9.72 Å². The number of ether oxygens (including phenoxy) is 1. The average molecular weight is 480 g/mol. The van der Waals surface area contributed by atoms with Crippen LogP contribution < -0.4 is 9.46 Å². The lowest BCUT2D eigenvalue weighted by Crippen LogP contribution is -2.16. The van der Waals surface area contributed by atoms with Gasteiger partial charge >= 0.3 is 12.8 Å². The Morgan fingerprint density at radius 1 is 0.969 bits per heavy atom. The van der Waals surface area contributed by atoms with Crippen LogP contribution in [0.25, 0.3) is 11.1 Å². The van der Waals surface area contributed by atoms with Crippen molar-refractivity contribution in [2.24, 2.45) is 0 Å². The van der Waals surface area contributed by atoms with Crippen LogP contribution in [0.1, 0.15) is 5.56 Å². The quantitative estimate of drug-likeness (QED) is 0.377. The highest BCUT2D eigenvalue weighted by atomic mass is 32.2. The molecule has 0 unspecified atom stereocenters. The van der Waals surface area contributed by atoms with Crippen LogP contribution in [-0.4, -0.2) is 20.0 Å². The summed E-state index contributed by atoms with van der Waals surface area (Å²) in [7, 11) is -4.68. The van der Waals surface area contributed by atoms with E-state index in [0.717, 1.165) is 36.5 Å². The number of benzene rings is 2. The van der Waals surface area contributed by atoms with Crippen molar-refractivity contribution in [1.82, 2.24) is 4.98 Å². The van der Waals surface area contributed by atoms with Crippen molar-refractivity contribution in [3.05, 3.63) is 72.1 Å². The average Bonchev–Trinajstić information content (AvgIpc) is 2.68. The summed E-state index contributed by atoms with van der Waals surface area (Å²) in [5.74, 6) is -2.86. The number of anilines is 1. The fourth-order valence-electron chi connectivity index (χ4n) is 2.62. The van der Waals surface area contributed by atoms with Crippen molar-refractivity contribution in [3.8, 4) is 16.9 Å². The first-order chi connectivity index (χ1) is 14.8. The molecule has 0 bridgehead atoms. The molecule has 3 aromatic rings. The molecule has 0 spiro atoms. The molecule has 170 valence electrons. The highest BCUT2D eigenvalue weighted by molar-refractivity contribution is 7.92. The van der Waals surface area contributed by atoms with Gasteiger partial charge in [-0.15, -0.1) is 0 Å². The third-order valence-corrected chi connectivity index (χ3v) is 5.35. The van der Waals surface area contributed by atoms with Gasteiger partial charge in [0.25, 0.3) is 10.0 Å². The number of rotatable bonds is 6. The fraction of sp³-hybridized carbons (Fsp3) is 0.105. The van der Waals surface area contributed by atoms with E-state index < -0.39 is 56.5 Å². The van der Waals surface area contributed by atoms with Crippen molar-refractivity contribution < 1.29 is 43.9 Å². The Kier molecular flexibility index (Phi) is 6.30. The Morgan fingerprint density at radius 3 is 2.34 bits per heavy atom. The van der Waals surface area contributed by atoms with Crippen LogP contribution in [0.15, 0.2) is 59.6 Å². The van der Waals surface area contributed by atoms with Crippen molar-refractivity contribution in [1.29, 1.82) is 0 Å². The molecule has 0 aliphatic carbocycles. The maximum absolute atomic E-state index is 14.1. The molecule has 0 amide bonds. The molecule has 0 aliphatic rings. The molecule has 0 radical (unpaired) electrons. The summed E-state index contributed by atoms with van der Waals surface area (Å²) in [6.45, 7) is -3.24. The van der Waals surface area contributed by atoms with E-state index in [4.69, 9.17) is 0 Å². The summed E-state index contributed by atoms with van der Waals surface area (Å²) in [5, 5.41) is 0. The standard InChI is InChI=1S/C19H11F7N2O3S/c20-13-4-10(5-14(8-13)31-18(22)23)11-6-16(17(21)27-9-11)28-32(29,30)15-3-1-2-12(7-15)19(24,25)26/h1-9,18,28H. The van der Waals surface area contributed by atoms with Crippen LogP contribution in [-0.2, 0) is 16.2 Å². The van der Waals surface area contributed by atoms with Crippen LogP contribution in [0.3, 0.4) is 0 Å². The van der Waals surface area contributed by atoms with Crippen LogP contribution in [0, 0.1) is 11.8 Å². The molecule has 1 aromatic heterocycles. The lowest BCUT2D eigenvalue weighted by molar-refractivity contribution is -0.137. The minimum Gasteiger partial charge on any atom is -0.435 e. The van der Waals surface area contributed by atoms with E-state index in [-0.39, 0.29) is 11.1 Å². The van der Waals surface area contributed by atoms with Gasteiger partial charge in [-0.05, 0) is 42.0 Å². The first kappa shape index (κ1) is 23.3. The largest absolute Gasteiger partial charge is 0.435 e. The zero-order chi connectivity index (χ0) is 23.7. The number of aromatic nitrogens is 1. The van der Waals surface area contributed by atoms with Crippen LogP contribution in [0.2, 0.25) is 0 Å². The summed E-state index contributed by atoms with van der Waals surface area (Å²) in [5.41, 5.74) is -2.20. The topological polar surface area (TPSA) is 68.3 Å². The van der Waals surface area contributed by atoms with Crippen molar-refractivity contribution in [2.45, 2.75) is 17.7 Å². The van der Waals surface area contributed by atoms with Gasteiger partial charge in [0, 0.05) is 17.8 Å². The maximum Gasteiger partial charge on any atom is 0.416 e. The molecule has 1 heterocycles. The van der Waals surface area contributed by atoms with Crippen molar-refractivity contribution in [3.63, 3.8) is 0 Å². The maximum atomic E-state index is 14.1. The van der Waals surface area contributed by atoms with Crippen LogP contribution in [0.5, 0.6) is 5.75 Å². The normalized spacial score (nSPS) is 12.1. The molecule has 13 heteroatoms. The second kappa shape index (κ2) is 8.65. The molecule has 0 fully saturated rings. The van der Waals surface area contributed by atoms with E-state index in [1.54, 1.807) is 4.72 Å². The lowest BCUT2D eigenvalue weighted by Gasteiger charge is -2.13. The van der Waals surface area contributed by atoms with Gasteiger partial charge in [0.1, 0.15) is 17.3 Å². The molecule has 0 saturated heterocycles. The third-order valence-electron chi connectivity index (χ3n) is 3.98. The lowest BCUT2D eigenvalue weighted by atomic mass is 10.1. The van der Waals surface area contributed by atoms with E-state index in [1.807, 2.05) is 0 Å². The summed E-state index contributed by atoms with van der Waals surface area (Å²) in [6.07, 6.45) is -3.94. The first-order valence-corrected chi connectivity index (χ1v) is 9.95. The number of sulfonamides is 1. The number of nitrogens with one attached hydrogen (secondary N) is 1. The molecule has 0 saturated carbocycles. The zero-order valence-electron chi connectivity index (χ0n) is 15.5. The number of alkyl halides is 5. The summed E-state index contributed by atoms with van der Waals surface area (Å²) in [4.78, 5) is 2.53. The molecule has 32 heavy (non-hydrogen) atoms. The molecule has 5 nitrogen and oxygen atoms in total. The van der Waals surface area contributed by atoms with Crippen LogP contribution >= 0.6 is 0 Å². The summed E-state index contributed by atoms with van der Waals surface area (Å²) in [6, 6.07) is 6.14. The number of halogens is 7. The number of hydrogen-bond donors (Lipinski definition) is 1. The monoisotopic (exact) mass is 480 g/mol. The van der Waals surface area contributed by atoms with Gasteiger partial charge in [-0.3, -0.25) is 4.72 Å². The Bertz CT molecular complexity index is 1250. The molecule has 2 aromatic carbocycles. The van der Waals surface area contributed by atoms with E-state index in [0.29, 0.717) is 18.2 Å². The highest BCUT2D eigenvalue weighted by Crippen LogP contribution is 2.32. The third kappa shape index (κ3) is 5.46. The Balaban J connectivity index is 1.98. The highest BCUT2D eigenvalue weighted by Gasteiger charge is 2.32. The second-order valence-corrected chi connectivity index (χ2v) is 7.93. The van der Waals surface area contributed by atoms with E-state index >= 15 is 0 Å². The molecular weight excluding hydrogens is 469 g/mol. The molecular formula is C19H11F7N2O3S. The predicted molar refractivity (Wildman–Crippen MR) is 98.5 cm³/mol. The van der Waals surface area contributed by atoms with Gasteiger partial charge in [0.15, 0.2) is 0 Å². The van der Waals surface area contributed by atoms with Gasteiger partial charge in [-0.2, -0.15) is 26.3 Å². The number of hydrogen-bond acceptors (Lipinski definition) is 4. The minimum absolute atomic E-state index is 0.0910. The smallest absolute Gasteiger partial charge is 0.416 e. The Morgan fingerprint density at radius 2 is 1.69 bits per heavy atom. The number of nitrogens with zero attached hydrogens (tertiary/aromatic N) is 1. The predicted octanol–water partition coefficient (Wildman–Crippen LogP) is 5.45. The molecule has 0 aliphatic heterocycles. The molecule has 3 rings (SSSR count). The zero-order valence-corrected chi connectivity index (χ0v) is 16.3. The van der Waals surface area contributed by atoms with Crippen molar-refractivity contribution in [2.75, 3.05) is 4.72 Å². The van der Waals surface area contributed by atoms with E-state index in [1.165, 1.54) is 0 Å². The van der Waals surface area contributed by atoms with Gasteiger partial charge in [-0.1, -0.05) is 6.07 Å². The molecule has 1 N–H and O–H groups in total. The minimum atomic E-state index is -4.81. The summed E-state index contributed by atoms with van der Waals surface area (Å²) >= 11 is 0. The van der Waals surface area contributed by atoms with Gasteiger partial charge < -0.3 is 4.74 Å². The van der Waals surface area contributed by atoms with Gasteiger partial charge in [0.2, 0.25) is 5.95 Å². The Hall–Kier alpha value is -3.35. The first-order valence-electron chi connectivity index (χ1n) is 8.46. The SMILES string of the molecule is O=S(=O)(Nc1cc(-c2cc(F)cc(OC(F)F)c2)cnc1F)c1cccc(C(F)(F)F)c1.